The fourth-order valence-electron chi connectivity index (χ4n) is 3.32. The minimum atomic E-state index is -1.01. The molecular formula is C19H15ClN6O7S2. The Morgan fingerprint density at radius 2 is 2.11 bits per heavy atom. The number of halogens is 1. The van der Waals surface area contributed by atoms with Crippen LogP contribution in [-0.2, 0) is 25.7 Å². The summed E-state index contributed by atoms with van der Waals surface area (Å²) in [5.41, 5.74) is 5.43. The maximum atomic E-state index is 12.8. The molecule has 182 valence electrons. The van der Waals surface area contributed by atoms with Crippen LogP contribution in [-0.4, -0.2) is 60.7 Å². The molecule has 1 saturated heterocycles. The van der Waals surface area contributed by atoms with Gasteiger partial charge in [-0.15, -0.1) is 23.1 Å². The van der Waals surface area contributed by atoms with Gasteiger partial charge in [-0.3, -0.25) is 24.6 Å². The molecule has 2 amide bonds. The highest BCUT2D eigenvalue weighted by atomic mass is 35.5. The van der Waals surface area contributed by atoms with Crippen molar-refractivity contribution in [2.24, 2.45) is 5.16 Å². The van der Waals surface area contributed by atoms with Gasteiger partial charge in [-0.2, -0.15) is 0 Å². The number of nitro benzene ring substituents is 1. The number of thioether (sulfide) groups is 1. The number of non-ortho nitro benzene ring substituents is 1. The number of nitrogens with zero attached hydrogens (tertiary/aromatic N) is 4. The van der Waals surface area contributed by atoms with Gasteiger partial charge in [0.25, 0.3) is 17.5 Å². The van der Waals surface area contributed by atoms with E-state index < -0.39 is 39.8 Å². The van der Waals surface area contributed by atoms with Crippen LogP contribution in [0.3, 0.4) is 0 Å². The summed E-state index contributed by atoms with van der Waals surface area (Å²) in [6, 6.07) is 4.43. The SMILES string of the molecule is Nc1nc(/C(=N/O)C(=O)NC2C(=O)N3C(C(=O)OCc4ccc([N+](=O)[O-])cc4)=C(Cl)CS[C@H]23)cs1. The molecular weight excluding hydrogens is 524 g/mol. The Labute approximate surface area is 209 Å². The Hall–Kier alpha value is -3.69. The lowest BCUT2D eigenvalue weighted by Gasteiger charge is -2.49. The number of thiazole rings is 1. The Kier molecular flexibility index (Phi) is 6.90. The number of hydrogen-bond donors (Lipinski definition) is 3. The third kappa shape index (κ3) is 4.78. The Morgan fingerprint density at radius 3 is 2.71 bits per heavy atom. The molecule has 3 heterocycles. The minimum absolute atomic E-state index is 0.0471. The van der Waals surface area contributed by atoms with Crippen LogP contribution in [0.5, 0.6) is 0 Å². The van der Waals surface area contributed by atoms with Gasteiger partial charge in [0.05, 0.1) is 9.96 Å². The largest absolute Gasteiger partial charge is 0.456 e. The quantitative estimate of drug-likeness (QED) is 0.116. The first-order valence-electron chi connectivity index (χ1n) is 9.69. The molecule has 2 atom stereocenters. The number of nitrogens with two attached hydrogens (primary N) is 1. The third-order valence-corrected chi connectivity index (χ3v) is 7.42. The van der Waals surface area contributed by atoms with E-state index >= 15 is 0 Å². The number of hydrogen-bond acceptors (Lipinski definition) is 12. The number of amides is 2. The van der Waals surface area contributed by atoms with Gasteiger partial charge in [0.1, 0.15) is 29.4 Å². The lowest BCUT2D eigenvalue weighted by Crippen LogP contribution is -2.71. The second-order valence-electron chi connectivity index (χ2n) is 7.13. The van der Waals surface area contributed by atoms with Gasteiger partial charge in [-0.1, -0.05) is 16.8 Å². The maximum absolute atomic E-state index is 12.8. The van der Waals surface area contributed by atoms with Gasteiger partial charge in [-0.25, -0.2) is 9.78 Å². The summed E-state index contributed by atoms with van der Waals surface area (Å²) in [5.74, 6) is -2.12. The zero-order chi connectivity index (χ0) is 25.3. The average Bonchev–Trinajstić information content (AvgIpc) is 3.27. The molecule has 2 aliphatic rings. The highest BCUT2D eigenvalue weighted by Crippen LogP contribution is 2.41. The van der Waals surface area contributed by atoms with E-state index in [-0.39, 0.29) is 39.6 Å². The van der Waals surface area contributed by atoms with Crippen LogP contribution < -0.4 is 11.1 Å². The molecule has 2 aromatic rings. The molecule has 1 unspecified atom stereocenters. The Balaban J connectivity index is 1.41. The topological polar surface area (TPSA) is 190 Å². The number of anilines is 1. The first-order chi connectivity index (χ1) is 16.7. The number of esters is 1. The Morgan fingerprint density at radius 1 is 1.40 bits per heavy atom. The zero-order valence-corrected chi connectivity index (χ0v) is 19.8. The molecule has 1 fully saturated rings. The Bertz CT molecular complexity index is 1280. The van der Waals surface area contributed by atoms with Crippen molar-refractivity contribution in [2.45, 2.75) is 18.0 Å². The highest BCUT2D eigenvalue weighted by molar-refractivity contribution is 8.00. The number of nitrogens with one attached hydrogen (secondary N) is 1. The number of carbonyl (C=O) groups excluding carboxylic acids is 3. The van der Waals surface area contributed by atoms with Crippen LogP contribution in [0.25, 0.3) is 0 Å². The molecule has 1 aromatic carbocycles. The van der Waals surface area contributed by atoms with E-state index in [4.69, 9.17) is 22.1 Å². The van der Waals surface area contributed by atoms with Crippen molar-refractivity contribution in [1.29, 1.82) is 0 Å². The van der Waals surface area contributed by atoms with E-state index in [1.165, 1.54) is 41.4 Å². The van der Waals surface area contributed by atoms with Gasteiger partial charge >= 0.3 is 5.97 Å². The average molecular weight is 539 g/mol. The second kappa shape index (κ2) is 9.89. The molecule has 1 aromatic heterocycles. The molecule has 0 bridgehead atoms. The van der Waals surface area contributed by atoms with Crippen molar-refractivity contribution >= 4 is 69.0 Å². The number of ether oxygens (including phenoxy) is 1. The van der Waals surface area contributed by atoms with Gasteiger partial charge in [0.2, 0.25) is 0 Å². The number of aromatic nitrogens is 1. The number of oxime groups is 1. The number of fused-ring (bicyclic) bond motifs is 1. The molecule has 0 spiro atoms. The van der Waals surface area contributed by atoms with Crippen LogP contribution >= 0.6 is 34.7 Å². The summed E-state index contributed by atoms with van der Waals surface area (Å²) in [6.45, 7) is -0.197. The maximum Gasteiger partial charge on any atom is 0.356 e. The van der Waals surface area contributed by atoms with Crippen molar-refractivity contribution in [3.05, 3.63) is 61.7 Å². The van der Waals surface area contributed by atoms with Crippen LogP contribution in [0.15, 0.2) is 45.5 Å². The molecule has 4 N–H and O–H groups in total. The van der Waals surface area contributed by atoms with Crippen molar-refractivity contribution in [3.8, 4) is 0 Å². The van der Waals surface area contributed by atoms with E-state index in [9.17, 15) is 29.7 Å². The van der Waals surface area contributed by atoms with E-state index in [1.807, 2.05) is 0 Å². The fraction of sp³-hybridized carbons (Fsp3) is 0.211. The highest BCUT2D eigenvalue weighted by Gasteiger charge is 2.54. The number of rotatable bonds is 7. The van der Waals surface area contributed by atoms with Gasteiger partial charge in [0, 0.05) is 23.3 Å². The van der Waals surface area contributed by atoms with E-state index in [2.05, 4.69) is 15.5 Å². The first-order valence-corrected chi connectivity index (χ1v) is 12.0. The standard InChI is InChI=1S/C19H15ClN6O7S2/c20-10-6-34-17-13(23-15(27)12(24-30)11-7-35-19(21)22-11)16(28)25(17)14(10)18(29)33-5-8-1-3-9(4-2-8)26(31)32/h1-4,7,13,17,30H,5-6H2,(H2,21,22)(H,23,27)/b24-12-/t13?,17-/m1/s1. The van der Waals surface area contributed by atoms with Gasteiger partial charge < -0.3 is 21.0 Å². The second-order valence-corrected chi connectivity index (χ2v) is 9.58. The number of carbonyl (C=O) groups is 3. The van der Waals surface area contributed by atoms with Gasteiger partial charge in [-0.05, 0) is 17.7 Å². The third-order valence-electron chi connectivity index (χ3n) is 5.00. The molecule has 16 heteroatoms. The monoisotopic (exact) mass is 538 g/mol. The summed E-state index contributed by atoms with van der Waals surface area (Å²) in [6.07, 6.45) is 0. The summed E-state index contributed by atoms with van der Waals surface area (Å²) in [7, 11) is 0. The van der Waals surface area contributed by atoms with E-state index in [0.717, 1.165) is 16.2 Å². The van der Waals surface area contributed by atoms with Crippen LogP contribution in [0.4, 0.5) is 10.8 Å². The number of benzene rings is 1. The summed E-state index contributed by atoms with van der Waals surface area (Å²) in [5, 5.41) is 26.5. The molecule has 35 heavy (non-hydrogen) atoms. The summed E-state index contributed by atoms with van der Waals surface area (Å²) < 4.78 is 5.26. The van der Waals surface area contributed by atoms with Crippen molar-refractivity contribution in [1.82, 2.24) is 15.2 Å². The predicted molar refractivity (Wildman–Crippen MR) is 126 cm³/mol. The molecule has 0 saturated carbocycles. The molecule has 13 nitrogen and oxygen atoms in total. The van der Waals surface area contributed by atoms with Crippen molar-refractivity contribution in [2.75, 3.05) is 11.5 Å². The fourth-order valence-corrected chi connectivity index (χ4v) is 5.42. The predicted octanol–water partition coefficient (Wildman–Crippen LogP) is 1.41. The number of β-lactam (4-membered cyclic amide) rings is 1. The van der Waals surface area contributed by atoms with Gasteiger partial charge in [0.15, 0.2) is 10.8 Å². The minimum Gasteiger partial charge on any atom is -0.456 e. The number of nitrogen functional groups attached to an aromatic ring is 1. The summed E-state index contributed by atoms with van der Waals surface area (Å²) >= 11 is 8.49. The number of nitro groups is 1. The van der Waals surface area contributed by atoms with Crippen LogP contribution in [0, 0.1) is 10.1 Å². The van der Waals surface area contributed by atoms with E-state index in [0.29, 0.717) is 5.56 Å². The molecule has 0 radical (unpaired) electrons. The lowest BCUT2D eigenvalue weighted by molar-refractivity contribution is -0.384. The van der Waals surface area contributed by atoms with Crippen molar-refractivity contribution < 1.29 is 29.3 Å². The molecule has 0 aliphatic carbocycles. The molecule has 4 rings (SSSR count). The normalized spacial score (nSPS) is 19.6. The van der Waals surface area contributed by atoms with Crippen LogP contribution in [0.1, 0.15) is 11.3 Å². The van der Waals surface area contributed by atoms with Crippen LogP contribution in [0.2, 0.25) is 0 Å². The summed E-state index contributed by atoms with van der Waals surface area (Å²) in [4.78, 5) is 53.4. The smallest absolute Gasteiger partial charge is 0.356 e. The zero-order valence-electron chi connectivity index (χ0n) is 17.4. The lowest BCUT2D eigenvalue weighted by atomic mass is 10.0. The first kappa shape index (κ1) is 24.4. The molecule has 2 aliphatic heterocycles. The van der Waals surface area contributed by atoms with Crippen molar-refractivity contribution in [3.63, 3.8) is 0 Å². The van der Waals surface area contributed by atoms with E-state index in [1.54, 1.807) is 0 Å².